The molecule has 0 saturated carbocycles. The summed E-state index contributed by atoms with van der Waals surface area (Å²) in [6, 6.07) is -1.68. The Kier molecular flexibility index (Phi) is 3.02. The highest BCUT2D eigenvalue weighted by atomic mass is 32.2. The van der Waals surface area contributed by atoms with E-state index in [0.717, 1.165) is 0 Å². The summed E-state index contributed by atoms with van der Waals surface area (Å²) < 4.78 is 135. The van der Waals surface area contributed by atoms with Crippen molar-refractivity contribution in [2.45, 2.75) is 18.0 Å². The van der Waals surface area contributed by atoms with Gasteiger partial charge in [-0.2, -0.15) is 21.6 Å². The van der Waals surface area contributed by atoms with Crippen molar-refractivity contribution in [2.24, 2.45) is 5.72 Å². The number of Topliss-reactive ketones (excluding diaryl/α,β-unsaturated/α-hetero) is 1. The highest BCUT2D eigenvalue weighted by Gasteiger charge is 2.40. The summed E-state index contributed by atoms with van der Waals surface area (Å²) in [6.45, 7) is 0. The zero-order valence-corrected chi connectivity index (χ0v) is 14.4. The van der Waals surface area contributed by atoms with Gasteiger partial charge in [0.25, 0.3) is 0 Å². The van der Waals surface area contributed by atoms with Gasteiger partial charge in [0, 0.05) is 5.56 Å². The standard InChI is InChI=1S/C18H14F3NO5S/c19-18(20,21)13-8-6-12(7-9-13)15-14(23)16(17(22)26-15)27-28(24,25)10-11-4-2-1-3-5-11/h1-9,15H,10,22H2/t15-/m0/s1/i1D,2D,3D,4D,5D,15D/hD2. The van der Waals surface area contributed by atoms with Crippen LogP contribution in [-0.2, 0) is 35.8 Å². The van der Waals surface area contributed by atoms with Crippen LogP contribution in [0, 0.1) is 0 Å². The molecule has 0 fully saturated rings. The van der Waals surface area contributed by atoms with Gasteiger partial charge in [-0.3, -0.25) is 4.79 Å². The Hall–Kier alpha value is -3.01. The van der Waals surface area contributed by atoms with Gasteiger partial charge in [-0.15, -0.1) is 0 Å². The summed E-state index contributed by atoms with van der Waals surface area (Å²) in [5.74, 6) is -5.43. The van der Waals surface area contributed by atoms with E-state index in [-0.39, 0.29) is 0 Å². The number of hydrogen-bond acceptors (Lipinski definition) is 6. The number of ether oxygens (including phenoxy) is 1. The summed E-state index contributed by atoms with van der Waals surface area (Å²) in [6.07, 6.45) is -7.65. The van der Waals surface area contributed by atoms with Crippen molar-refractivity contribution in [3.63, 3.8) is 0 Å². The SMILES string of the molecule is [2H]c1c([2H])c([2H])c(CS(=O)(=O)OC2=C(N([2H])[2H])O[C@@]([2H])(c3ccc(C(F)(F)F)cc3)C2=O)c([2H])c1[2H]. The maximum Gasteiger partial charge on any atom is 0.416 e. The largest absolute Gasteiger partial charge is 0.460 e. The number of carbonyl (C=O) groups is 1. The molecule has 2 N–H and O–H groups in total. The molecule has 10 heteroatoms. The number of benzene rings is 2. The Bertz CT molecular complexity index is 1350. The smallest absolute Gasteiger partial charge is 0.416 e. The number of hydrogen-bond donors (Lipinski definition) is 1. The predicted molar refractivity (Wildman–Crippen MR) is 91.6 cm³/mol. The average Bonchev–Trinajstić information content (AvgIpc) is 3.05. The molecular weight excluding hydrogens is 399 g/mol. The summed E-state index contributed by atoms with van der Waals surface area (Å²) >= 11 is 0. The molecule has 1 aliphatic heterocycles. The molecular formula is C18H14F3NO5S. The van der Waals surface area contributed by atoms with Gasteiger partial charge in [0.2, 0.25) is 17.4 Å². The molecule has 0 bridgehead atoms. The first-order valence-corrected chi connectivity index (χ1v) is 8.90. The van der Waals surface area contributed by atoms with Crippen LogP contribution in [0.5, 0.6) is 0 Å². The summed E-state index contributed by atoms with van der Waals surface area (Å²) in [5.41, 5.74) is -2.72. The molecule has 2 aromatic rings. The fraction of sp³-hybridized carbons (Fsp3) is 0.167. The number of rotatable bonds is 6. The fourth-order valence-corrected chi connectivity index (χ4v) is 3.10. The molecule has 28 heavy (non-hydrogen) atoms. The van der Waals surface area contributed by atoms with Crippen LogP contribution in [0.25, 0.3) is 0 Å². The minimum atomic E-state index is -5.02. The van der Waals surface area contributed by atoms with Gasteiger partial charge in [0.15, 0.2) is 8.90 Å². The highest BCUT2D eigenvalue weighted by molar-refractivity contribution is 7.86. The van der Waals surface area contributed by atoms with Crippen LogP contribution in [-0.4, -0.2) is 14.2 Å². The van der Waals surface area contributed by atoms with Crippen LogP contribution < -0.4 is 5.72 Å². The lowest BCUT2D eigenvalue weighted by Crippen LogP contribution is -2.16. The quantitative estimate of drug-likeness (QED) is 0.721. The second-order valence-electron chi connectivity index (χ2n) is 5.36. The van der Waals surface area contributed by atoms with E-state index >= 15 is 0 Å². The molecule has 1 heterocycles. The van der Waals surface area contributed by atoms with E-state index in [4.69, 9.17) is 15.8 Å². The van der Waals surface area contributed by atoms with Crippen LogP contribution in [0.2, 0.25) is 2.82 Å². The van der Waals surface area contributed by atoms with E-state index in [2.05, 4.69) is 4.18 Å². The fourth-order valence-electron chi connectivity index (χ4n) is 2.14. The maximum absolute atomic E-state index is 12.9. The molecule has 0 aromatic heterocycles. The van der Waals surface area contributed by atoms with Crippen LogP contribution in [0.15, 0.2) is 66.1 Å². The van der Waals surface area contributed by atoms with Crippen molar-refractivity contribution in [2.75, 3.05) is 0 Å². The van der Waals surface area contributed by atoms with Gasteiger partial charge in [-0.05, 0) is 17.7 Å². The summed E-state index contributed by atoms with van der Waals surface area (Å²) in [7, 11) is -5.02. The van der Waals surface area contributed by atoms with E-state index in [1.54, 1.807) is 0 Å². The number of halogens is 3. The lowest BCUT2D eigenvalue weighted by atomic mass is 10.0. The number of alkyl halides is 3. The molecule has 1 aliphatic rings. The number of carbonyl (C=O) groups excluding carboxylic acids is 1. The third kappa shape index (κ3) is 4.28. The first kappa shape index (κ1) is 11.7. The minimum Gasteiger partial charge on any atom is -0.460 e. The van der Waals surface area contributed by atoms with Crippen LogP contribution in [0.4, 0.5) is 13.2 Å². The first-order chi connectivity index (χ1) is 16.4. The maximum atomic E-state index is 12.9. The lowest BCUT2D eigenvalue weighted by Gasteiger charge is -2.12. The van der Waals surface area contributed by atoms with E-state index in [0.29, 0.717) is 24.3 Å². The lowest BCUT2D eigenvalue weighted by molar-refractivity contribution is -0.137. The Morgan fingerprint density at radius 2 is 1.86 bits per heavy atom. The molecule has 0 spiro atoms. The van der Waals surface area contributed by atoms with Crippen molar-refractivity contribution < 1.29 is 46.4 Å². The van der Waals surface area contributed by atoms with E-state index in [1.807, 2.05) is 0 Å². The van der Waals surface area contributed by atoms with Gasteiger partial charge < -0.3 is 14.6 Å². The number of ketones is 1. The highest BCUT2D eigenvalue weighted by Crippen LogP contribution is 2.35. The molecule has 0 aliphatic carbocycles. The van der Waals surface area contributed by atoms with Crippen molar-refractivity contribution in [1.82, 2.24) is 0 Å². The van der Waals surface area contributed by atoms with Crippen LogP contribution in [0.3, 0.4) is 0 Å². The van der Waals surface area contributed by atoms with E-state index in [1.165, 1.54) is 0 Å². The van der Waals surface area contributed by atoms with Crippen molar-refractivity contribution in [1.29, 1.82) is 0 Å². The third-order valence-electron chi connectivity index (χ3n) is 3.36. The second kappa shape index (κ2) is 7.19. The van der Waals surface area contributed by atoms with Gasteiger partial charge in [0.1, 0.15) is 5.75 Å². The molecule has 0 saturated heterocycles. The number of nitrogens with two attached hydrogens (primary N) is 1. The van der Waals surface area contributed by atoms with Gasteiger partial charge in [-0.25, -0.2) is 0 Å². The molecule has 6 nitrogen and oxygen atoms in total. The molecule has 1 atom stereocenters. The Morgan fingerprint density at radius 1 is 1.21 bits per heavy atom. The van der Waals surface area contributed by atoms with Crippen LogP contribution >= 0.6 is 0 Å². The monoisotopic (exact) mass is 421 g/mol. The molecule has 0 radical (unpaired) electrons. The van der Waals surface area contributed by atoms with Gasteiger partial charge in [-0.1, -0.05) is 42.3 Å². The van der Waals surface area contributed by atoms with Crippen LogP contribution in [0.1, 0.15) is 31.0 Å². The van der Waals surface area contributed by atoms with Crippen molar-refractivity contribution in [3.8, 4) is 0 Å². The van der Waals surface area contributed by atoms with Crippen molar-refractivity contribution >= 4 is 15.9 Å². The molecule has 0 amide bonds. The molecule has 148 valence electrons. The van der Waals surface area contributed by atoms with E-state index in [9.17, 15) is 26.4 Å². The van der Waals surface area contributed by atoms with Crippen molar-refractivity contribution in [3.05, 3.63) is 82.8 Å². The molecule has 2 aromatic carbocycles. The second-order valence-corrected chi connectivity index (χ2v) is 6.93. The average molecular weight is 421 g/mol. The first-order valence-electron chi connectivity index (χ1n) is 11.2. The Labute approximate surface area is 169 Å². The topological polar surface area (TPSA) is 95.7 Å². The Balaban J connectivity index is 1.98. The molecule has 3 rings (SSSR count). The minimum absolute atomic E-state index is 0.395. The van der Waals surface area contributed by atoms with Gasteiger partial charge >= 0.3 is 16.3 Å². The van der Waals surface area contributed by atoms with Gasteiger partial charge in [0.05, 0.1) is 13.8 Å². The predicted octanol–water partition coefficient (Wildman–Crippen LogP) is 3.02. The summed E-state index contributed by atoms with van der Waals surface area (Å²) in [4.78, 5) is 12.9. The normalized spacial score (nSPS) is 24.0. The summed E-state index contributed by atoms with van der Waals surface area (Å²) in [5, 5.41) is 0. The van der Waals surface area contributed by atoms with E-state index < -0.39 is 98.2 Å². The third-order valence-corrected chi connectivity index (χ3v) is 4.43. The zero-order valence-electron chi connectivity index (χ0n) is 21.5. The zero-order chi connectivity index (χ0) is 27.4. The molecule has 0 unspecified atom stereocenters. The Morgan fingerprint density at radius 3 is 2.43 bits per heavy atom.